The van der Waals surface area contributed by atoms with E-state index in [0.717, 1.165) is 0 Å². The van der Waals surface area contributed by atoms with Crippen LogP contribution in [0.4, 0.5) is 14.5 Å². The third kappa shape index (κ3) is 5.41. The molecule has 7 heteroatoms. The fourth-order valence-corrected chi connectivity index (χ4v) is 3.35. The lowest BCUT2D eigenvalue weighted by molar-refractivity contribution is -0.115. The standard InChI is InChI=1S/C16H14ClF2NO2S/c17-14-2-1-3-15(19)13(14)10-23(22)9-8-16(21)20-12-6-4-11(18)5-7-12/h1-7H,8-10H2,(H,20,21). The van der Waals surface area contributed by atoms with Crippen molar-refractivity contribution in [3.8, 4) is 0 Å². The van der Waals surface area contributed by atoms with E-state index in [1.54, 1.807) is 0 Å². The van der Waals surface area contributed by atoms with Crippen LogP contribution in [0.2, 0.25) is 5.02 Å². The van der Waals surface area contributed by atoms with Crippen molar-refractivity contribution in [1.29, 1.82) is 0 Å². The Morgan fingerprint density at radius 3 is 2.48 bits per heavy atom. The second kappa shape index (κ2) is 8.17. The molecule has 0 radical (unpaired) electrons. The Labute approximate surface area is 140 Å². The Bertz CT molecular complexity index is 702. The summed E-state index contributed by atoms with van der Waals surface area (Å²) in [6.07, 6.45) is 0.00998. The van der Waals surface area contributed by atoms with Crippen LogP contribution in [-0.4, -0.2) is 15.9 Å². The number of halogens is 3. The van der Waals surface area contributed by atoms with Gasteiger partial charge < -0.3 is 5.32 Å². The van der Waals surface area contributed by atoms with Crippen LogP contribution in [0.25, 0.3) is 0 Å². The summed E-state index contributed by atoms with van der Waals surface area (Å²) in [6.45, 7) is 0. The molecule has 0 saturated carbocycles. The van der Waals surface area contributed by atoms with Gasteiger partial charge in [-0.05, 0) is 36.4 Å². The molecule has 1 N–H and O–H groups in total. The number of hydrogen-bond acceptors (Lipinski definition) is 2. The van der Waals surface area contributed by atoms with Gasteiger partial charge in [-0.15, -0.1) is 0 Å². The second-order valence-corrected chi connectivity index (χ2v) is 6.78. The largest absolute Gasteiger partial charge is 0.326 e. The first-order valence-electron chi connectivity index (χ1n) is 6.79. The first-order valence-corrected chi connectivity index (χ1v) is 8.65. The summed E-state index contributed by atoms with van der Waals surface area (Å²) in [5, 5.41) is 2.79. The van der Waals surface area contributed by atoms with Gasteiger partial charge in [-0.2, -0.15) is 0 Å². The minimum absolute atomic E-state index is 0.00998. The first-order chi connectivity index (χ1) is 11.0. The molecule has 2 aromatic carbocycles. The normalized spacial score (nSPS) is 12.0. The van der Waals surface area contributed by atoms with Gasteiger partial charge in [0.1, 0.15) is 11.6 Å². The van der Waals surface area contributed by atoms with Crippen LogP contribution < -0.4 is 5.32 Å². The zero-order valence-corrected chi connectivity index (χ0v) is 13.6. The van der Waals surface area contributed by atoms with Crippen molar-refractivity contribution in [2.24, 2.45) is 0 Å². The van der Waals surface area contributed by atoms with Gasteiger partial charge in [0.25, 0.3) is 0 Å². The molecule has 1 unspecified atom stereocenters. The molecule has 0 spiro atoms. The zero-order valence-electron chi connectivity index (χ0n) is 12.0. The van der Waals surface area contributed by atoms with Gasteiger partial charge in [0.2, 0.25) is 5.91 Å². The van der Waals surface area contributed by atoms with Crippen molar-refractivity contribution in [3.63, 3.8) is 0 Å². The highest BCUT2D eigenvalue weighted by Crippen LogP contribution is 2.20. The van der Waals surface area contributed by atoms with E-state index in [2.05, 4.69) is 5.32 Å². The summed E-state index contributed by atoms with van der Waals surface area (Å²) in [6, 6.07) is 9.58. The van der Waals surface area contributed by atoms with Gasteiger partial charge in [0, 0.05) is 39.2 Å². The molecule has 23 heavy (non-hydrogen) atoms. The molecule has 1 atom stereocenters. The van der Waals surface area contributed by atoms with Crippen LogP contribution in [-0.2, 0) is 21.3 Å². The molecule has 0 fully saturated rings. The number of anilines is 1. The number of benzene rings is 2. The Balaban J connectivity index is 1.84. The third-order valence-corrected chi connectivity index (χ3v) is 4.68. The molecule has 1 amide bonds. The van der Waals surface area contributed by atoms with Gasteiger partial charge in [0.05, 0.1) is 5.75 Å². The van der Waals surface area contributed by atoms with Gasteiger partial charge in [-0.3, -0.25) is 9.00 Å². The zero-order chi connectivity index (χ0) is 16.8. The van der Waals surface area contributed by atoms with Crippen molar-refractivity contribution >= 4 is 34.0 Å². The van der Waals surface area contributed by atoms with E-state index in [-0.39, 0.29) is 34.4 Å². The molecule has 0 aliphatic rings. The van der Waals surface area contributed by atoms with Crippen molar-refractivity contribution in [1.82, 2.24) is 0 Å². The van der Waals surface area contributed by atoms with Crippen LogP contribution in [0, 0.1) is 11.6 Å². The molecular weight excluding hydrogens is 344 g/mol. The summed E-state index contributed by atoms with van der Waals surface area (Å²) >= 11 is 5.87. The molecule has 0 heterocycles. The smallest absolute Gasteiger partial charge is 0.225 e. The van der Waals surface area contributed by atoms with Crippen molar-refractivity contribution in [2.45, 2.75) is 12.2 Å². The van der Waals surface area contributed by atoms with E-state index in [9.17, 15) is 17.8 Å². The highest BCUT2D eigenvalue weighted by Gasteiger charge is 2.12. The van der Waals surface area contributed by atoms with Crippen molar-refractivity contribution in [2.75, 3.05) is 11.1 Å². The predicted octanol–water partition coefficient (Wildman–Crippen LogP) is 3.90. The van der Waals surface area contributed by atoms with Crippen molar-refractivity contribution in [3.05, 3.63) is 64.7 Å². The molecule has 2 aromatic rings. The molecule has 0 aliphatic heterocycles. The van der Waals surface area contributed by atoms with Crippen LogP contribution in [0.3, 0.4) is 0 Å². The lowest BCUT2D eigenvalue weighted by Gasteiger charge is -2.07. The molecular formula is C16H14ClF2NO2S. The molecule has 3 nitrogen and oxygen atoms in total. The lowest BCUT2D eigenvalue weighted by Crippen LogP contribution is -2.15. The van der Waals surface area contributed by atoms with Crippen LogP contribution >= 0.6 is 11.6 Å². The number of amides is 1. The molecule has 122 valence electrons. The maximum atomic E-state index is 13.6. The predicted molar refractivity (Wildman–Crippen MR) is 87.8 cm³/mol. The summed E-state index contributed by atoms with van der Waals surface area (Å²) in [4.78, 5) is 11.7. The Kier molecular flexibility index (Phi) is 6.24. The van der Waals surface area contributed by atoms with E-state index in [1.165, 1.54) is 42.5 Å². The van der Waals surface area contributed by atoms with E-state index in [4.69, 9.17) is 11.6 Å². The number of rotatable bonds is 6. The summed E-state index contributed by atoms with van der Waals surface area (Å²) in [5.41, 5.74) is 0.644. The fourth-order valence-electron chi connectivity index (χ4n) is 1.87. The number of carbonyl (C=O) groups is 1. The Hall–Kier alpha value is -1.79. The number of nitrogens with one attached hydrogen (secondary N) is 1. The number of carbonyl (C=O) groups excluding carboxylic acids is 1. The van der Waals surface area contributed by atoms with Crippen LogP contribution in [0.5, 0.6) is 0 Å². The monoisotopic (exact) mass is 357 g/mol. The van der Waals surface area contributed by atoms with E-state index in [0.29, 0.717) is 5.69 Å². The minimum atomic E-state index is -1.42. The average molecular weight is 358 g/mol. The Morgan fingerprint density at radius 1 is 1.13 bits per heavy atom. The summed E-state index contributed by atoms with van der Waals surface area (Å²) in [5.74, 6) is -1.22. The number of hydrogen-bond donors (Lipinski definition) is 1. The minimum Gasteiger partial charge on any atom is -0.326 e. The van der Waals surface area contributed by atoms with E-state index < -0.39 is 22.4 Å². The van der Waals surface area contributed by atoms with Crippen LogP contribution in [0.1, 0.15) is 12.0 Å². The SMILES string of the molecule is O=C(CCS(=O)Cc1c(F)cccc1Cl)Nc1ccc(F)cc1. The quantitative estimate of drug-likeness (QED) is 0.852. The molecule has 2 rings (SSSR count). The first kappa shape index (κ1) is 17.6. The molecule has 0 bridgehead atoms. The van der Waals surface area contributed by atoms with Gasteiger partial charge in [-0.1, -0.05) is 17.7 Å². The van der Waals surface area contributed by atoms with Gasteiger partial charge >= 0.3 is 0 Å². The fraction of sp³-hybridized carbons (Fsp3) is 0.188. The molecule has 0 saturated heterocycles. The summed E-state index contributed by atoms with van der Waals surface area (Å²) in [7, 11) is -1.42. The highest BCUT2D eigenvalue weighted by molar-refractivity contribution is 7.84. The Morgan fingerprint density at radius 2 is 1.83 bits per heavy atom. The van der Waals surface area contributed by atoms with E-state index >= 15 is 0 Å². The molecule has 0 aromatic heterocycles. The maximum absolute atomic E-state index is 13.6. The topological polar surface area (TPSA) is 46.2 Å². The van der Waals surface area contributed by atoms with Gasteiger partial charge in [-0.25, -0.2) is 8.78 Å². The maximum Gasteiger partial charge on any atom is 0.225 e. The van der Waals surface area contributed by atoms with Crippen molar-refractivity contribution < 1.29 is 17.8 Å². The van der Waals surface area contributed by atoms with Crippen LogP contribution in [0.15, 0.2) is 42.5 Å². The second-order valence-electron chi connectivity index (χ2n) is 4.79. The van der Waals surface area contributed by atoms with E-state index in [1.807, 2.05) is 0 Å². The highest BCUT2D eigenvalue weighted by atomic mass is 35.5. The van der Waals surface area contributed by atoms with Gasteiger partial charge in [0.15, 0.2) is 0 Å². The third-order valence-electron chi connectivity index (χ3n) is 3.05. The summed E-state index contributed by atoms with van der Waals surface area (Å²) < 4.78 is 38.3. The molecule has 0 aliphatic carbocycles. The average Bonchev–Trinajstić information content (AvgIpc) is 2.51. The lowest BCUT2D eigenvalue weighted by atomic mass is 10.2.